The molecule has 0 bridgehead atoms. The van der Waals surface area contributed by atoms with Crippen LogP contribution in [0.15, 0.2) is 109 Å². The van der Waals surface area contributed by atoms with Crippen LogP contribution in [0.4, 0.5) is 0 Å². The third-order valence-electron chi connectivity index (χ3n) is 4.75. The van der Waals surface area contributed by atoms with Crippen molar-refractivity contribution >= 4 is 12.2 Å². The minimum Gasteiger partial charge on any atom is -0.488 e. The fraction of sp³-hybridized carbons (Fsp3) is 0.0714. The zero-order valence-corrected chi connectivity index (χ0v) is 16.8. The lowest BCUT2D eigenvalue weighted by Gasteiger charge is -2.11. The Morgan fingerprint density at radius 3 is 1.23 bits per heavy atom. The Morgan fingerprint density at radius 2 is 0.800 bits per heavy atom. The fourth-order valence-corrected chi connectivity index (χ4v) is 3.15. The Kier molecular flexibility index (Phi) is 6.59. The minimum absolute atomic E-state index is 0.544. The summed E-state index contributed by atoms with van der Waals surface area (Å²) in [5, 5.41) is 0. The molecule has 0 atom stereocenters. The molecule has 148 valence electrons. The Hall–Kier alpha value is -3.78. The van der Waals surface area contributed by atoms with Crippen molar-refractivity contribution in [3.05, 3.63) is 131 Å². The maximum atomic E-state index is 6.06. The van der Waals surface area contributed by atoms with Crippen molar-refractivity contribution < 1.29 is 9.47 Å². The second-order valence-corrected chi connectivity index (χ2v) is 6.96. The molecule has 0 saturated heterocycles. The largest absolute Gasteiger partial charge is 0.488 e. The first kappa shape index (κ1) is 19.5. The van der Waals surface area contributed by atoms with Crippen LogP contribution >= 0.6 is 0 Å². The van der Waals surface area contributed by atoms with E-state index < -0.39 is 0 Å². The van der Waals surface area contributed by atoms with Gasteiger partial charge in [0.1, 0.15) is 24.7 Å². The zero-order chi connectivity index (χ0) is 20.4. The van der Waals surface area contributed by atoms with E-state index in [0.29, 0.717) is 13.2 Å². The summed E-state index contributed by atoms with van der Waals surface area (Å²) in [7, 11) is 0. The molecule has 4 aromatic rings. The summed E-state index contributed by atoms with van der Waals surface area (Å²) in [5.41, 5.74) is 4.37. The molecule has 0 aromatic heterocycles. The molecule has 0 heterocycles. The fourth-order valence-electron chi connectivity index (χ4n) is 3.15. The molecule has 0 aliphatic carbocycles. The molecule has 0 amide bonds. The Balaban J connectivity index is 1.47. The quantitative estimate of drug-likeness (QED) is 0.300. The van der Waals surface area contributed by atoms with Gasteiger partial charge in [-0.1, -0.05) is 109 Å². The van der Waals surface area contributed by atoms with Crippen LogP contribution in [0.2, 0.25) is 0 Å². The predicted molar refractivity (Wildman–Crippen MR) is 123 cm³/mol. The SMILES string of the molecule is C(=C/c1ccccc1OCc1ccccc1)/c1ccccc1OCc1ccccc1. The molecule has 0 fully saturated rings. The van der Waals surface area contributed by atoms with Gasteiger partial charge in [0.15, 0.2) is 0 Å². The second-order valence-electron chi connectivity index (χ2n) is 6.96. The van der Waals surface area contributed by atoms with Crippen LogP contribution in [0.5, 0.6) is 11.5 Å². The first-order valence-corrected chi connectivity index (χ1v) is 10.1. The summed E-state index contributed by atoms with van der Waals surface area (Å²) < 4.78 is 12.1. The molecule has 0 unspecified atom stereocenters. The highest BCUT2D eigenvalue weighted by Crippen LogP contribution is 2.25. The normalized spacial score (nSPS) is 10.8. The topological polar surface area (TPSA) is 18.5 Å². The lowest BCUT2D eigenvalue weighted by molar-refractivity contribution is 0.305. The highest BCUT2D eigenvalue weighted by Gasteiger charge is 2.03. The maximum Gasteiger partial charge on any atom is 0.127 e. The average Bonchev–Trinajstić information content (AvgIpc) is 2.82. The number of rotatable bonds is 8. The predicted octanol–water partition coefficient (Wildman–Crippen LogP) is 7.02. The van der Waals surface area contributed by atoms with E-state index in [1.54, 1.807) is 0 Å². The Labute approximate surface area is 178 Å². The van der Waals surface area contributed by atoms with E-state index in [-0.39, 0.29) is 0 Å². The summed E-state index contributed by atoms with van der Waals surface area (Å²) in [5.74, 6) is 1.72. The van der Waals surface area contributed by atoms with Gasteiger partial charge in [-0.05, 0) is 23.3 Å². The van der Waals surface area contributed by atoms with Gasteiger partial charge in [-0.3, -0.25) is 0 Å². The van der Waals surface area contributed by atoms with E-state index >= 15 is 0 Å². The molecule has 2 heteroatoms. The van der Waals surface area contributed by atoms with Gasteiger partial charge in [0.25, 0.3) is 0 Å². The van der Waals surface area contributed by atoms with Crippen molar-refractivity contribution in [2.24, 2.45) is 0 Å². The number of para-hydroxylation sites is 2. The van der Waals surface area contributed by atoms with Crippen LogP contribution in [0.1, 0.15) is 22.3 Å². The average molecular weight is 392 g/mol. The van der Waals surface area contributed by atoms with Crippen LogP contribution in [-0.4, -0.2) is 0 Å². The summed E-state index contributed by atoms with van der Waals surface area (Å²) in [6.45, 7) is 1.09. The van der Waals surface area contributed by atoms with Crippen molar-refractivity contribution in [3.63, 3.8) is 0 Å². The lowest BCUT2D eigenvalue weighted by Crippen LogP contribution is -1.97. The van der Waals surface area contributed by atoms with E-state index in [2.05, 4.69) is 48.6 Å². The maximum absolute atomic E-state index is 6.06. The van der Waals surface area contributed by atoms with Crippen LogP contribution in [-0.2, 0) is 13.2 Å². The summed E-state index contributed by atoms with van der Waals surface area (Å²) in [4.78, 5) is 0. The zero-order valence-electron chi connectivity index (χ0n) is 16.8. The van der Waals surface area contributed by atoms with Crippen molar-refractivity contribution in [3.8, 4) is 11.5 Å². The number of ether oxygens (including phenoxy) is 2. The van der Waals surface area contributed by atoms with Crippen molar-refractivity contribution in [2.45, 2.75) is 13.2 Å². The van der Waals surface area contributed by atoms with Crippen molar-refractivity contribution in [2.75, 3.05) is 0 Å². The van der Waals surface area contributed by atoms with Gasteiger partial charge in [-0.15, -0.1) is 0 Å². The van der Waals surface area contributed by atoms with E-state index in [1.165, 1.54) is 0 Å². The van der Waals surface area contributed by atoms with Gasteiger partial charge in [-0.25, -0.2) is 0 Å². The third-order valence-corrected chi connectivity index (χ3v) is 4.75. The molecule has 4 aromatic carbocycles. The molecule has 30 heavy (non-hydrogen) atoms. The monoisotopic (exact) mass is 392 g/mol. The number of hydrogen-bond donors (Lipinski definition) is 0. The van der Waals surface area contributed by atoms with Crippen molar-refractivity contribution in [1.82, 2.24) is 0 Å². The second kappa shape index (κ2) is 10.1. The highest BCUT2D eigenvalue weighted by molar-refractivity contribution is 5.74. The summed E-state index contributed by atoms with van der Waals surface area (Å²) in [6.07, 6.45) is 4.15. The van der Waals surface area contributed by atoms with Gasteiger partial charge >= 0.3 is 0 Å². The van der Waals surface area contributed by atoms with Crippen LogP contribution in [0.25, 0.3) is 12.2 Å². The molecule has 0 aliphatic heterocycles. The Morgan fingerprint density at radius 1 is 0.433 bits per heavy atom. The molecule has 0 saturated carbocycles. The first-order chi connectivity index (χ1) is 14.9. The Bertz CT molecular complexity index is 997. The summed E-state index contributed by atoms with van der Waals surface area (Å²) in [6, 6.07) is 36.5. The summed E-state index contributed by atoms with van der Waals surface area (Å²) >= 11 is 0. The van der Waals surface area contributed by atoms with E-state index in [9.17, 15) is 0 Å². The standard InChI is InChI=1S/C28H24O2/c1-3-11-23(12-4-1)21-29-27-17-9-7-15-25(27)19-20-26-16-8-10-18-28(26)30-22-24-13-5-2-6-14-24/h1-20H,21-22H2/b20-19-. The molecule has 2 nitrogen and oxygen atoms in total. The molecule has 0 spiro atoms. The van der Waals surface area contributed by atoms with Crippen molar-refractivity contribution in [1.29, 1.82) is 0 Å². The minimum atomic E-state index is 0.544. The van der Waals surface area contributed by atoms with Gasteiger partial charge in [-0.2, -0.15) is 0 Å². The molecule has 4 rings (SSSR count). The molecule has 0 N–H and O–H groups in total. The molecule has 0 aliphatic rings. The number of hydrogen-bond acceptors (Lipinski definition) is 2. The molecular formula is C28H24O2. The van der Waals surface area contributed by atoms with Gasteiger partial charge < -0.3 is 9.47 Å². The molecule has 0 radical (unpaired) electrons. The van der Waals surface area contributed by atoms with Gasteiger partial charge in [0, 0.05) is 11.1 Å². The lowest BCUT2D eigenvalue weighted by atomic mass is 10.1. The third kappa shape index (κ3) is 5.39. The smallest absolute Gasteiger partial charge is 0.127 e. The van der Waals surface area contributed by atoms with Crippen LogP contribution in [0.3, 0.4) is 0 Å². The first-order valence-electron chi connectivity index (χ1n) is 10.1. The van der Waals surface area contributed by atoms with E-state index in [4.69, 9.17) is 9.47 Å². The molecular weight excluding hydrogens is 368 g/mol. The van der Waals surface area contributed by atoms with Crippen LogP contribution in [0, 0.1) is 0 Å². The van der Waals surface area contributed by atoms with Gasteiger partial charge in [0.2, 0.25) is 0 Å². The van der Waals surface area contributed by atoms with Crippen LogP contribution < -0.4 is 9.47 Å². The number of benzene rings is 4. The highest BCUT2D eigenvalue weighted by atomic mass is 16.5. The van der Waals surface area contributed by atoms with E-state index in [0.717, 1.165) is 33.8 Å². The van der Waals surface area contributed by atoms with E-state index in [1.807, 2.05) is 72.8 Å². The van der Waals surface area contributed by atoms with Gasteiger partial charge in [0.05, 0.1) is 0 Å².